The predicted octanol–water partition coefficient (Wildman–Crippen LogP) is 3.75. The van der Waals surface area contributed by atoms with Crippen molar-refractivity contribution < 1.29 is 4.74 Å². The Morgan fingerprint density at radius 1 is 0.938 bits per heavy atom. The molecule has 2 unspecified atom stereocenters. The summed E-state index contributed by atoms with van der Waals surface area (Å²) in [6.45, 7) is 7.71. The average molecular weight is 229 g/mol. The van der Waals surface area contributed by atoms with Crippen molar-refractivity contribution >= 4 is 0 Å². The molecule has 0 heterocycles. The van der Waals surface area contributed by atoms with Crippen LogP contribution < -0.4 is 5.32 Å². The first-order valence-electron chi connectivity index (χ1n) is 7.06. The molecule has 2 atom stereocenters. The Bertz CT molecular complexity index is 139. The number of nitrogens with one attached hydrogen (secondary N) is 1. The van der Waals surface area contributed by atoms with Gasteiger partial charge in [-0.2, -0.15) is 0 Å². The van der Waals surface area contributed by atoms with Gasteiger partial charge in [0, 0.05) is 13.2 Å². The van der Waals surface area contributed by atoms with E-state index in [1.165, 1.54) is 44.9 Å². The van der Waals surface area contributed by atoms with E-state index in [0.29, 0.717) is 12.1 Å². The first-order chi connectivity index (χ1) is 7.79. The van der Waals surface area contributed by atoms with Crippen molar-refractivity contribution in [1.82, 2.24) is 5.32 Å². The van der Waals surface area contributed by atoms with E-state index in [1.807, 2.05) is 7.11 Å². The lowest BCUT2D eigenvalue weighted by atomic mass is 9.99. The largest absolute Gasteiger partial charge is 0.380 e. The monoisotopic (exact) mass is 229 g/mol. The Morgan fingerprint density at radius 3 is 2.19 bits per heavy atom. The first-order valence-corrected chi connectivity index (χ1v) is 7.06. The molecule has 0 aliphatic carbocycles. The van der Waals surface area contributed by atoms with E-state index in [2.05, 4.69) is 26.1 Å². The molecule has 0 rings (SSSR count). The third kappa shape index (κ3) is 7.24. The van der Waals surface area contributed by atoms with Crippen LogP contribution in [-0.4, -0.2) is 25.8 Å². The molecule has 2 nitrogen and oxygen atoms in total. The quantitative estimate of drug-likeness (QED) is 0.545. The van der Waals surface area contributed by atoms with Crippen LogP contribution in [0.15, 0.2) is 0 Å². The Morgan fingerprint density at radius 2 is 1.69 bits per heavy atom. The van der Waals surface area contributed by atoms with Crippen molar-refractivity contribution in [2.24, 2.45) is 0 Å². The van der Waals surface area contributed by atoms with Crippen LogP contribution in [0.4, 0.5) is 0 Å². The number of ether oxygens (including phenoxy) is 1. The van der Waals surface area contributed by atoms with E-state index >= 15 is 0 Å². The van der Waals surface area contributed by atoms with Gasteiger partial charge in [-0.25, -0.2) is 0 Å². The van der Waals surface area contributed by atoms with Gasteiger partial charge in [-0.05, 0) is 19.4 Å². The van der Waals surface area contributed by atoms with E-state index in [1.54, 1.807) is 0 Å². The lowest BCUT2D eigenvalue weighted by molar-refractivity contribution is 0.0577. The van der Waals surface area contributed by atoms with Gasteiger partial charge >= 0.3 is 0 Å². The summed E-state index contributed by atoms with van der Waals surface area (Å²) in [6, 6.07) is 0.548. The van der Waals surface area contributed by atoms with Gasteiger partial charge in [0.2, 0.25) is 0 Å². The highest BCUT2D eigenvalue weighted by molar-refractivity contribution is 4.76. The first kappa shape index (κ1) is 15.9. The number of hydrogen-bond donors (Lipinski definition) is 1. The summed E-state index contributed by atoms with van der Waals surface area (Å²) in [5.74, 6) is 0. The van der Waals surface area contributed by atoms with Gasteiger partial charge in [-0.1, -0.05) is 52.9 Å². The smallest absolute Gasteiger partial charge is 0.0724 e. The molecule has 0 spiro atoms. The summed E-state index contributed by atoms with van der Waals surface area (Å²) in [5.41, 5.74) is 0. The lowest BCUT2D eigenvalue weighted by Crippen LogP contribution is -2.40. The molecular weight excluding hydrogens is 198 g/mol. The summed E-state index contributed by atoms with van der Waals surface area (Å²) in [4.78, 5) is 0. The van der Waals surface area contributed by atoms with Crippen LogP contribution in [0.3, 0.4) is 0 Å². The summed E-state index contributed by atoms with van der Waals surface area (Å²) in [7, 11) is 1.84. The highest BCUT2D eigenvalue weighted by atomic mass is 16.5. The third-order valence-corrected chi connectivity index (χ3v) is 3.16. The van der Waals surface area contributed by atoms with E-state index in [4.69, 9.17) is 4.74 Å². The van der Waals surface area contributed by atoms with Crippen LogP contribution in [0, 0.1) is 0 Å². The molecule has 0 fully saturated rings. The zero-order valence-corrected chi connectivity index (χ0v) is 11.7. The Kier molecular flexibility index (Phi) is 11.3. The van der Waals surface area contributed by atoms with E-state index in [-0.39, 0.29) is 0 Å². The molecule has 98 valence electrons. The Hall–Kier alpha value is -0.0800. The fourth-order valence-electron chi connectivity index (χ4n) is 2.24. The maximum atomic E-state index is 5.60. The summed E-state index contributed by atoms with van der Waals surface area (Å²) in [5, 5.41) is 3.57. The molecule has 0 bridgehead atoms. The molecule has 1 N–H and O–H groups in total. The van der Waals surface area contributed by atoms with E-state index in [0.717, 1.165) is 6.54 Å². The molecule has 0 aliphatic rings. The van der Waals surface area contributed by atoms with Gasteiger partial charge < -0.3 is 10.1 Å². The predicted molar refractivity (Wildman–Crippen MR) is 71.9 cm³/mol. The SMILES string of the molecule is CCCCCCC(NCC)C(CCC)OC. The van der Waals surface area contributed by atoms with Crippen molar-refractivity contribution in [2.75, 3.05) is 13.7 Å². The zero-order valence-electron chi connectivity index (χ0n) is 11.7. The van der Waals surface area contributed by atoms with Crippen LogP contribution in [0.5, 0.6) is 0 Å². The van der Waals surface area contributed by atoms with Crippen LogP contribution in [-0.2, 0) is 4.74 Å². The van der Waals surface area contributed by atoms with Gasteiger partial charge in [0.1, 0.15) is 0 Å². The molecule has 0 aliphatic heterocycles. The van der Waals surface area contributed by atoms with Crippen molar-refractivity contribution in [1.29, 1.82) is 0 Å². The van der Waals surface area contributed by atoms with Crippen LogP contribution >= 0.6 is 0 Å². The van der Waals surface area contributed by atoms with E-state index < -0.39 is 0 Å². The lowest BCUT2D eigenvalue weighted by Gasteiger charge is -2.26. The summed E-state index contributed by atoms with van der Waals surface area (Å²) in [6.07, 6.45) is 9.39. The fourth-order valence-corrected chi connectivity index (χ4v) is 2.24. The van der Waals surface area contributed by atoms with Gasteiger partial charge in [0.15, 0.2) is 0 Å². The second kappa shape index (κ2) is 11.4. The molecule has 0 radical (unpaired) electrons. The fraction of sp³-hybridized carbons (Fsp3) is 1.00. The molecule has 0 saturated carbocycles. The highest BCUT2D eigenvalue weighted by Crippen LogP contribution is 2.14. The van der Waals surface area contributed by atoms with E-state index in [9.17, 15) is 0 Å². The second-order valence-electron chi connectivity index (χ2n) is 4.58. The highest BCUT2D eigenvalue weighted by Gasteiger charge is 2.18. The van der Waals surface area contributed by atoms with Crippen LogP contribution in [0.25, 0.3) is 0 Å². The Labute approximate surface area is 102 Å². The molecule has 2 heteroatoms. The van der Waals surface area contributed by atoms with Crippen LogP contribution in [0.1, 0.15) is 65.7 Å². The number of methoxy groups -OCH3 is 1. The molecule has 0 saturated heterocycles. The maximum absolute atomic E-state index is 5.60. The molecular formula is C14H31NO. The summed E-state index contributed by atoms with van der Waals surface area (Å²) >= 11 is 0. The minimum absolute atomic E-state index is 0.395. The van der Waals surface area contributed by atoms with Gasteiger partial charge in [0.25, 0.3) is 0 Å². The van der Waals surface area contributed by atoms with Crippen molar-refractivity contribution in [3.63, 3.8) is 0 Å². The minimum atomic E-state index is 0.395. The molecule has 0 amide bonds. The number of likely N-dealkylation sites (N-methyl/N-ethyl adjacent to an activating group) is 1. The number of unbranched alkanes of at least 4 members (excludes halogenated alkanes) is 3. The molecule has 0 aromatic heterocycles. The van der Waals surface area contributed by atoms with Gasteiger partial charge in [0.05, 0.1) is 6.10 Å². The minimum Gasteiger partial charge on any atom is -0.380 e. The van der Waals surface area contributed by atoms with Crippen molar-refractivity contribution in [3.8, 4) is 0 Å². The second-order valence-corrected chi connectivity index (χ2v) is 4.58. The molecule has 0 aromatic carbocycles. The number of rotatable bonds is 11. The molecule has 0 aromatic rings. The summed E-state index contributed by atoms with van der Waals surface area (Å²) < 4.78 is 5.60. The van der Waals surface area contributed by atoms with Crippen molar-refractivity contribution in [3.05, 3.63) is 0 Å². The normalized spacial score (nSPS) is 15.0. The van der Waals surface area contributed by atoms with Gasteiger partial charge in [-0.15, -0.1) is 0 Å². The van der Waals surface area contributed by atoms with Crippen molar-refractivity contribution in [2.45, 2.75) is 77.9 Å². The zero-order chi connectivity index (χ0) is 12.2. The number of hydrogen-bond acceptors (Lipinski definition) is 2. The maximum Gasteiger partial charge on any atom is 0.0724 e. The van der Waals surface area contributed by atoms with Gasteiger partial charge in [-0.3, -0.25) is 0 Å². The topological polar surface area (TPSA) is 21.3 Å². The average Bonchev–Trinajstić information content (AvgIpc) is 2.30. The molecule has 16 heavy (non-hydrogen) atoms. The Balaban J connectivity index is 3.91. The third-order valence-electron chi connectivity index (χ3n) is 3.16. The standard InChI is InChI=1S/C14H31NO/c1-5-8-9-10-12-13(15-7-3)14(16-4)11-6-2/h13-15H,5-12H2,1-4H3. The van der Waals surface area contributed by atoms with Crippen LogP contribution in [0.2, 0.25) is 0 Å².